The Morgan fingerprint density at radius 3 is 2.87 bits per heavy atom. The number of carbonyl (C=O) groups excluding carboxylic acids is 1. The fourth-order valence-corrected chi connectivity index (χ4v) is 3.26. The molecule has 0 saturated carbocycles. The van der Waals surface area contributed by atoms with Crippen LogP contribution in [0.3, 0.4) is 0 Å². The number of halogens is 1. The van der Waals surface area contributed by atoms with Crippen LogP contribution >= 0.6 is 11.6 Å². The van der Waals surface area contributed by atoms with Gasteiger partial charge in [0.2, 0.25) is 0 Å². The molecule has 1 amide bonds. The van der Waals surface area contributed by atoms with E-state index in [4.69, 9.17) is 21.1 Å². The molecule has 0 aliphatic carbocycles. The van der Waals surface area contributed by atoms with E-state index in [-0.39, 0.29) is 5.91 Å². The average molecular weight is 341 g/mol. The molecule has 23 heavy (non-hydrogen) atoms. The lowest BCUT2D eigenvalue weighted by Gasteiger charge is -2.23. The summed E-state index contributed by atoms with van der Waals surface area (Å²) >= 11 is 6.22. The van der Waals surface area contributed by atoms with E-state index in [1.54, 1.807) is 12.1 Å². The number of nitrogens with one attached hydrogen (secondary N) is 1. The van der Waals surface area contributed by atoms with Crippen molar-refractivity contribution in [3.8, 4) is 11.5 Å². The SMILES string of the molecule is CCOc1c(Cl)cc(C(=O)NCC2CCCN2CC)cc1OC. The number of rotatable bonds is 7. The van der Waals surface area contributed by atoms with E-state index in [2.05, 4.69) is 17.1 Å². The summed E-state index contributed by atoms with van der Waals surface area (Å²) in [5.74, 6) is 0.804. The van der Waals surface area contributed by atoms with Gasteiger partial charge >= 0.3 is 0 Å². The highest BCUT2D eigenvalue weighted by molar-refractivity contribution is 6.32. The second kappa shape index (κ2) is 8.41. The van der Waals surface area contributed by atoms with Gasteiger partial charge in [0.05, 0.1) is 18.7 Å². The number of methoxy groups -OCH3 is 1. The Morgan fingerprint density at radius 2 is 2.22 bits per heavy atom. The highest BCUT2D eigenvalue weighted by atomic mass is 35.5. The van der Waals surface area contributed by atoms with Crippen molar-refractivity contribution in [1.29, 1.82) is 0 Å². The lowest BCUT2D eigenvalue weighted by Crippen LogP contribution is -2.40. The molecule has 1 aromatic carbocycles. The van der Waals surface area contributed by atoms with Crippen molar-refractivity contribution >= 4 is 17.5 Å². The molecule has 1 aromatic rings. The van der Waals surface area contributed by atoms with Crippen LogP contribution < -0.4 is 14.8 Å². The summed E-state index contributed by atoms with van der Waals surface area (Å²) in [6, 6.07) is 3.71. The lowest BCUT2D eigenvalue weighted by molar-refractivity contribution is 0.0941. The molecule has 5 nitrogen and oxygen atoms in total. The van der Waals surface area contributed by atoms with Crippen LogP contribution in [0, 0.1) is 0 Å². The Bertz CT molecular complexity index is 551. The van der Waals surface area contributed by atoms with Crippen LogP contribution in [0.1, 0.15) is 37.0 Å². The number of hydrogen-bond donors (Lipinski definition) is 1. The van der Waals surface area contributed by atoms with Crippen LogP contribution in [0.5, 0.6) is 11.5 Å². The molecule has 6 heteroatoms. The molecule has 1 unspecified atom stereocenters. The number of hydrogen-bond acceptors (Lipinski definition) is 4. The Balaban J connectivity index is 2.05. The maximum Gasteiger partial charge on any atom is 0.251 e. The quantitative estimate of drug-likeness (QED) is 0.829. The number of benzene rings is 1. The van der Waals surface area contributed by atoms with Gasteiger partial charge in [-0.15, -0.1) is 0 Å². The summed E-state index contributed by atoms with van der Waals surface area (Å²) < 4.78 is 10.8. The van der Waals surface area contributed by atoms with Gasteiger partial charge in [0.25, 0.3) is 5.91 Å². The second-order valence-electron chi connectivity index (χ2n) is 5.56. The van der Waals surface area contributed by atoms with E-state index in [0.717, 1.165) is 19.5 Å². The maximum atomic E-state index is 12.4. The van der Waals surface area contributed by atoms with Crippen LogP contribution in [0.4, 0.5) is 0 Å². The van der Waals surface area contributed by atoms with Gasteiger partial charge in [-0.1, -0.05) is 18.5 Å². The Kier molecular flexibility index (Phi) is 6.54. The standard InChI is InChI=1S/C17H25ClN2O3/c1-4-20-8-6-7-13(20)11-19-17(21)12-9-14(18)16(23-5-2)15(10-12)22-3/h9-10,13H,4-8,11H2,1-3H3,(H,19,21). The number of carbonyl (C=O) groups is 1. The van der Waals surface area contributed by atoms with Crippen LogP contribution in [0.25, 0.3) is 0 Å². The molecule has 1 heterocycles. The molecule has 1 atom stereocenters. The van der Waals surface area contributed by atoms with Gasteiger partial charge in [0.15, 0.2) is 11.5 Å². The second-order valence-corrected chi connectivity index (χ2v) is 5.96. The third-order valence-electron chi connectivity index (χ3n) is 4.18. The first-order valence-corrected chi connectivity index (χ1v) is 8.51. The summed E-state index contributed by atoms with van der Waals surface area (Å²) in [5, 5.41) is 3.38. The predicted octanol–water partition coefficient (Wildman–Crippen LogP) is 2.96. The first kappa shape index (κ1) is 17.9. The molecule has 1 fully saturated rings. The van der Waals surface area contributed by atoms with Crippen molar-refractivity contribution in [2.75, 3.05) is 33.4 Å². The molecule has 0 spiro atoms. The van der Waals surface area contributed by atoms with Crippen LogP contribution in [0.15, 0.2) is 12.1 Å². The molecule has 1 N–H and O–H groups in total. The summed E-state index contributed by atoms with van der Waals surface area (Å²) in [6.07, 6.45) is 2.32. The minimum Gasteiger partial charge on any atom is -0.493 e. The maximum absolute atomic E-state index is 12.4. The molecule has 0 bridgehead atoms. The van der Waals surface area contributed by atoms with Crippen molar-refractivity contribution in [3.63, 3.8) is 0 Å². The highest BCUT2D eigenvalue weighted by Gasteiger charge is 2.23. The molecule has 1 saturated heterocycles. The van der Waals surface area contributed by atoms with Crippen molar-refractivity contribution < 1.29 is 14.3 Å². The smallest absolute Gasteiger partial charge is 0.251 e. The number of likely N-dealkylation sites (N-methyl/N-ethyl adjacent to an activating group) is 1. The van der Waals surface area contributed by atoms with Crippen molar-refractivity contribution in [2.45, 2.75) is 32.7 Å². The highest BCUT2D eigenvalue weighted by Crippen LogP contribution is 2.36. The fraction of sp³-hybridized carbons (Fsp3) is 0.588. The molecule has 0 radical (unpaired) electrons. The number of amides is 1. The summed E-state index contributed by atoms with van der Waals surface area (Å²) in [6.45, 7) is 7.29. The molecule has 1 aliphatic heterocycles. The van der Waals surface area contributed by atoms with E-state index < -0.39 is 0 Å². The molecule has 0 aromatic heterocycles. The van der Waals surface area contributed by atoms with Crippen molar-refractivity contribution in [1.82, 2.24) is 10.2 Å². The van der Waals surface area contributed by atoms with Crippen molar-refractivity contribution in [3.05, 3.63) is 22.7 Å². The minimum absolute atomic E-state index is 0.142. The Hall–Kier alpha value is -1.46. The summed E-state index contributed by atoms with van der Waals surface area (Å²) in [7, 11) is 1.54. The summed E-state index contributed by atoms with van der Waals surface area (Å²) in [4.78, 5) is 14.8. The van der Waals surface area contributed by atoms with Gasteiger partial charge in [0.1, 0.15) is 0 Å². The van der Waals surface area contributed by atoms with Crippen LogP contribution in [0.2, 0.25) is 5.02 Å². The first-order chi connectivity index (χ1) is 11.1. The fourth-order valence-electron chi connectivity index (χ4n) is 2.99. The molecule has 1 aliphatic rings. The van der Waals surface area contributed by atoms with E-state index in [0.29, 0.717) is 41.3 Å². The Labute approximate surface area is 142 Å². The Morgan fingerprint density at radius 1 is 1.43 bits per heavy atom. The molecule has 2 rings (SSSR count). The lowest BCUT2D eigenvalue weighted by atomic mass is 10.1. The van der Waals surface area contributed by atoms with Crippen LogP contribution in [-0.2, 0) is 0 Å². The summed E-state index contributed by atoms with van der Waals surface area (Å²) in [5.41, 5.74) is 0.483. The first-order valence-electron chi connectivity index (χ1n) is 8.13. The van der Waals surface area contributed by atoms with E-state index in [1.807, 2.05) is 6.92 Å². The third-order valence-corrected chi connectivity index (χ3v) is 4.46. The number of ether oxygens (including phenoxy) is 2. The zero-order valence-corrected chi connectivity index (χ0v) is 14.8. The van der Waals surface area contributed by atoms with Crippen molar-refractivity contribution in [2.24, 2.45) is 0 Å². The van der Waals surface area contributed by atoms with E-state index in [9.17, 15) is 4.79 Å². The molecular weight excluding hydrogens is 316 g/mol. The normalized spacial score (nSPS) is 18.0. The van der Waals surface area contributed by atoms with Gasteiger partial charge in [0, 0.05) is 18.2 Å². The average Bonchev–Trinajstić information content (AvgIpc) is 3.01. The topological polar surface area (TPSA) is 50.8 Å². The molecule has 128 valence electrons. The van der Waals surface area contributed by atoms with E-state index >= 15 is 0 Å². The van der Waals surface area contributed by atoms with E-state index in [1.165, 1.54) is 13.5 Å². The van der Waals surface area contributed by atoms with Gasteiger partial charge in [-0.05, 0) is 45.0 Å². The zero-order chi connectivity index (χ0) is 16.8. The van der Waals surface area contributed by atoms with Gasteiger partial charge in [-0.2, -0.15) is 0 Å². The number of nitrogens with zero attached hydrogens (tertiary/aromatic N) is 1. The van der Waals surface area contributed by atoms with Gasteiger partial charge in [-0.3, -0.25) is 9.69 Å². The third kappa shape index (κ3) is 4.30. The minimum atomic E-state index is -0.142. The van der Waals surface area contributed by atoms with Gasteiger partial charge < -0.3 is 14.8 Å². The van der Waals surface area contributed by atoms with Gasteiger partial charge in [-0.25, -0.2) is 0 Å². The van der Waals surface area contributed by atoms with Crippen LogP contribution in [-0.4, -0.2) is 50.2 Å². The zero-order valence-electron chi connectivity index (χ0n) is 14.0. The predicted molar refractivity (Wildman–Crippen MR) is 91.8 cm³/mol. The largest absolute Gasteiger partial charge is 0.493 e. The molecular formula is C17H25ClN2O3. The monoisotopic (exact) mass is 340 g/mol. The number of likely N-dealkylation sites (tertiary alicyclic amines) is 1.